The van der Waals surface area contributed by atoms with Crippen molar-refractivity contribution >= 4 is 12.8 Å². The summed E-state index contributed by atoms with van der Waals surface area (Å²) in [6.45, 7) is 4.14. The fourth-order valence-electron chi connectivity index (χ4n) is 0.0589. The van der Waals surface area contributed by atoms with E-state index in [-0.39, 0.29) is 0 Å². The lowest BCUT2D eigenvalue weighted by molar-refractivity contribution is 1.14. The first kappa shape index (κ1) is 5.05. The summed E-state index contributed by atoms with van der Waals surface area (Å²) in [4.78, 5) is 0. The van der Waals surface area contributed by atoms with E-state index in [4.69, 9.17) is 0 Å². The van der Waals surface area contributed by atoms with Gasteiger partial charge in [0.15, 0.2) is 0 Å². The molecule has 0 aromatic heterocycles. The normalized spacial score (nSPS) is 7.40. The van der Waals surface area contributed by atoms with Crippen molar-refractivity contribution in [2.75, 3.05) is 6.54 Å². The Morgan fingerprint density at radius 1 is 2.00 bits per heavy atom. The minimum absolute atomic E-state index is 0.718. The highest BCUT2D eigenvalue weighted by atomic mass is 32.1. The minimum Gasteiger partial charge on any atom is -0.705 e. The van der Waals surface area contributed by atoms with Crippen molar-refractivity contribution in [2.24, 2.45) is 0 Å². The maximum absolute atomic E-state index is 4.33. The van der Waals surface area contributed by atoms with Gasteiger partial charge in [0.1, 0.15) is 0 Å². The second-order valence-corrected chi connectivity index (χ2v) is 0.926. The van der Waals surface area contributed by atoms with Crippen molar-refractivity contribution in [2.45, 2.75) is 0 Å². The molecule has 0 atom stereocenters. The van der Waals surface area contributed by atoms with Gasteiger partial charge in [0.05, 0.1) is 0 Å². The number of hydrogen-bond donors (Lipinski definition) is 1. The molecule has 5 heavy (non-hydrogen) atoms. The summed E-state index contributed by atoms with van der Waals surface area (Å²) >= 11 is 4.33. The molecule has 0 amide bonds. The lowest BCUT2D eigenvalue weighted by Gasteiger charge is -1.98. The van der Waals surface area contributed by atoms with Crippen LogP contribution in [0.1, 0.15) is 0 Å². The average molecular weight is 88.2 g/mol. The second-order valence-electron chi connectivity index (χ2n) is 0.637. The van der Waals surface area contributed by atoms with Gasteiger partial charge in [-0.2, -0.15) is 0 Å². The highest BCUT2D eigenvalue weighted by molar-refractivity contribution is 7.56. The molecule has 2 heteroatoms. The number of rotatable bonds is 2. The van der Waals surface area contributed by atoms with Crippen LogP contribution in [-0.2, 0) is 12.8 Å². The molecule has 0 fully saturated rings. The molecular formula is C3H6NS-. The highest BCUT2D eigenvalue weighted by Gasteiger charge is 1.48. The molecule has 1 nitrogen and oxygen atoms in total. The SMILES string of the molecule is C=CCN[S-]. The Bertz CT molecular complexity index is 28.1. The van der Waals surface area contributed by atoms with Gasteiger partial charge in [-0.3, -0.25) is 0 Å². The molecule has 0 unspecified atom stereocenters. The van der Waals surface area contributed by atoms with Crippen molar-refractivity contribution in [1.29, 1.82) is 0 Å². The van der Waals surface area contributed by atoms with Crippen molar-refractivity contribution < 1.29 is 0 Å². The quantitative estimate of drug-likeness (QED) is 0.383. The zero-order valence-electron chi connectivity index (χ0n) is 2.90. The Labute approximate surface area is 37.6 Å². The van der Waals surface area contributed by atoms with Crippen molar-refractivity contribution in [3.05, 3.63) is 12.7 Å². The Morgan fingerprint density at radius 3 is 2.60 bits per heavy atom. The Balaban J connectivity index is 2.40. The fraction of sp³-hybridized carbons (Fsp3) is 0.333. The molecular weight excluding hydrogens is 82.1 g/mol. The maximum Gasteiger partial charge on any atom is -0.00803 e. The first-order chi connectivity index (χ1) is 2.41. The van der Waals surface area contributed by atoms with E-state index in [9.17, 15) is 0 Å². The van der Waals surface area contributed by atoms with Crippen LogP contribution in [0.3, 0.4) is 0 Å². The zero-order chi connectivity index (χ0) is 4.12. The van der Waals surface area contributed by atoms with Gasteiger partial charge in [-0.05, 0) is 6.54 Å². The lowest BCUT2D eigenvalue weighted by atomic mass is 10.7. The summed E-state index contributed by atoms with van der Waals surface area (Å²) in [6, 6.07) is 0. The first-order valence-corrected chi connectivity index (χ1v) is 1.78. The fourth-order valence-corrected chi connectivity index (χ4v) is 0.177. The van der Waals surface area contributed by atoms with Gasteiger partial charge in [-0.1, -0.05) is 6.08 Å². The van der Waals surface area contributed by atoms with E-state index in [2.05, 4.69) is 24.1 Å². The van der Waals surface area contributed by atoms with E-state index in [0.29, 0.717) is 0 Å². The van der Waals surface area contributed by atoms with Crippen molar-refractivity contribution in [3.63, 3.8) is 0 Å². The first-order valence-electron chi connectivity index (χ1n) is 1.37. The number of nitrogens with one attached hydrogen (secondary N) is 1. The molecule has 0 bridgehead atoms. The number of hydrogen-bond acceptors (Lipinski definition) is 2. The Kier molecular flexibility index (Phi) is 4.09. The molecule has 0 aliphatic rings. The van der Waals surface area contributed by atoms with Crippen LogP contribution in [0.4, 0.5) is 0 Å². The molecule has 0 heterocycles. The van der Waals surface area contributed by atoms with Gasteiger partial charge >= 0.3 is 0 Å². The van der Waals surface area contributed by atoms with E-state index in [1.807, 2.05) is 0 Å². The summed E-state index contributed by atoms with van der Waals surface area (Å²) in [5, 5.41) is 0. The Morgan fingerprint density at radius 2 is 2.60 bits per heavy atom. The highest BCUT2D eigenvalue weighted by Crippen LogP contribution is 1.49. The van der Waals surface area contributed by atoms with Crippen molar-refractivity contribution in [1.82, 2.24) is 4.72 Å². The van der Waals surface area contributed by atoms with E-state index in [0.717, 1.165) is 6.54 Å². The standard InChI is InChI=1S/C3H6NS/c1-2-3-4-5/h2,4H,1,3H2/q-1. The van der Waals surface area contributed by atoms with Crippen LogP contribution in [0.15, 0.2) is 12.7 Å². The van der Waals surface area contributed by atoms with Gasteiger partial charge < -0.3 is 17.5 Å². The molecule has 0 radical (unpaired) electrons. The van der Waals surface area contributed by atoms with E-state index in [1.165, 1.54) is 0 Å². The van der Waals surface area contributed by atoms with Gasteiger partial charge in [-0.25, -0.2) is 0 Å². The van der Waals surface area contributed by atoms with Gasteiger partial charge in [0, 0.05) is 0 Å². The summed E-state index contributed by atoms with van der Waals surface area (Å²) in [5.41, 5.74) is 0. The molecule has 0 rings (SSSR count). The van der Waals surface area contributed by atoms with Gasteiger partial charge in [-0.15, -0.1) is 6.58 Å². The predicted molar refractivity (Wildman–Crippen MR) is 25.6 cm³/mol. The summed E-state index contributed by atoms with van der Waals surface area (Å²) in [6.07, 6.45) is 1.72. The van der Waals surface area contributed by atoms with Crippen LogP contribution in [0.5, 0.6) is 0 Å². The molecule has 30 valence electrons. The summed E-state index contributed by atoms with van der Waals surface area (Å²) < 4.78 is 2.48. The predicted octanol–water partition coefficient (Wildman–Crippen LogP) is 0.224. The molecule has 0 saturated carbocycles. The zero-order valence-corrected chi connectivity index (χ0v) is 3.72. The van der Waals surface area contributed by atoms with Crippen LogP contribution in [0.25, 0.3) is 0 Å². The molecule has 0 aromatic rings. The van der Waals surface area contributed by atoms with Crippen LogP contribution >= 0.6 is 0 Å². The summed E-state index contributed by atoms with van der Waals surface area (Å²) in [5.74, 6) is 0. The molecule has 0 aromatic carbocycles. The van der Waals surface area contributed by atoms with Crippen LogP contribution < -0.4 is 4.72 Å². The maximum atomic E-state index is 4.33. The van der Waals surface area contributed by atoms with E-state index in [1.54, 1.807) is 6.08 Å². The molecule has 0 saturated heterocycles. The Hall–Kier alpha value is 0.0500. The molecule has 0 spiro atoms. The largest absolute Gasteiger partial charge is 0.705 e. The van der Waals surface area contributed by atoms with Gasteiger partial charge in [0.2, 0.25) is 0 Å². The molecule has 0 aliphatic carbocycles. The van der Waals surface area contributed by atoms with E-state index < -0.39 is 0 Å². The second kappa shape index (κ2) is 4.05. The summed E-state index contributed by atoms with van der Waals surface area (Å²) in [7, 11) is 0. The van der Waals surface area contributed by atoms with Crippen molar-refractivity contribution in [3.8, 4) is 0 Å². The molecule has 0 aliphatic heterocycles. The van der Waals surface area contributed by atoms with Crippen LogP contribution in [-0.4, -0.2) is 6.54 Å². The van der Waals surface area contributed by atoms with E-state index >= 15 is 0 Å². The smallest absolute Gasteiger partial charge is 0.00803 e. The van der Waals surface area contributed by atoms with Gasteiger partial charge in [0.25, 0.3) is 0 Å². The molecule has 1 N–H and O–H groups in total. The topological polar surface area (TPSA) is 12.0 Å². The lowest BCUT2D eigenvalue weighted by Crippen LogP contribution is -2.00. The van der Waals surface area contributed by atoms with Crippen LogP contribution in [0.2, 0.25) is 0 Å². The third kappa shape index (κ3) is 4.05. The average Bonchev–Trinajstić information content (AvgIpc) is 1.41. The minimum atomic E-state index is 0.718. The van der Waals surface area contributed by atoms with Crippen LogP contribution in [0, 0.1) is 0 Å². The third-order valence-corrected chi connectivity index (χ3v) is 0.394. The third-order valence-electron chi connectivity index (χ3n) is 0.228. The monoisotopic (exact) mass is 88.0 g/mol.